The zero-order valence-corrected chi connectivity index (χ0v) is 14.6. The van der Waals surface area contributed by atoms with Crippen LogP contribution in [-0.2, 0) is 11.2 Å². The number of amides is 1. The van der Waals surface area contributed by atoms with Crippen LogP contribution < -0.4 is 5.32 Å². The van der Waals surface area contributed by atoms with Crippen LogP contribution in [0, 0.1) is 0 Å². The Morgan fingerprint density at radius 1 is 1.15 bits per heavy atom. The smallest absolute Gasteiger partial charge is 0.237 e. The van der Waals surface area contributed by atoms with Gasteiger partial charge in [-0.05, 0) is 46.1 Å². The van der Waals surface area contributed by atoms with Gasteiger partial charge in [-0.15, -0.1) is 0 Å². The van der Waals surface area contributed by atoms with Gasteiger partial charge in [0.05, 0.1) is 10.9 Å². The second-order valence-electron chi connectivity index (χ2n) is 4.32. The van der Waals surface area contributed by atoms with Crippen LogP contribution in [0.1, 0.15) is 5.56 Å². The maximum Gasteiger partial charge on any atom is 0.237 e. The normalized spacial score (nSPS) is 11.9. The van der Waals surface area contributed by atoms with Crippen molar-refractivity contribution >= 4 is 56.1 Å². The van der Waals surface area contributed by atoms with Crippen LogP contribution in [0.2, 0.25) is 0 Å². The summed E-state index contributed by atoms with van der Waals surface area (Å²) < 4.78 is 1.75. The molecule has 0 aliphatic heterocycles. The van der Waals surface area contributed by atoms with Crippen molar-refractivity contribution < 1.29 is 4.79 Å². The molecule has 1 amide bonds. The third-order valence-electron chi connectivity index (χ3n) is 2.76. The molecule has 0 saturated heterocycles. The Morgan fingerprint density at radius 2 is 1.85 bits per heavy atom. The fourth-order valence-electron chi connectivity index (χ4n) is 1.74. The average molecular weight is 415 g/mol. The SMILES string of the molecule is O=C(Nc1cc(Br)ccc1Br)C(S)Cc1ccccc1. The van der Waals surface area contributed by atoms with Gasteiger partial charge in [0, 0.05) is 8.95 Å². The Kier molecular flexibility index (Phi) is 5.69. The van der Waals surface area contributed by atoms with E-state index in [2.05, 4.69) is 49.8 Å². The molecule has 1 N–H and O–H groups in total. The van der Waals surface area contributed by atoms with Gasteiger partial charge >= 0.3 is 0 Å². The minimum absolute atomic E-state index is 0.115. The molecule has 0 fully saturated rings. The first-order chi connectivity index (χ1) is 9.56. The lowest BCUT2D eigenvalue weighted by Crippen LogP contribution is -2.25. The van der Waals surface area contributed by atoms with E-state index in [1.54, 1.807) is 0 Å². The van der Waals surface area contributed by atoms with Crippen LogP contribution in [0.3, 0.4) is 0 Å². The summed E-state index contributed by atoms with van der Waals surface area (Å²) in [5, 5.41) is 2.49. The Bertz CT molecular complexity index is 604. The molecule has 2 aromatic rings. The van der Waals surface area contributed by atoms with Crippen LogP contribution in [0.25, 0.3) is 0 Å². The summed E-state index contributed by atoms with van der Waals surface area (Å²) in [6.45, 7) is 0. The Morgan fingerprint density at radius 3 is 2.55 bits per heavy atom. The summed E-state index contributed by atoms with van der Waals surface area (Å²) in [6.07, 6.45) is 0.599. The van der Waals surface area contributed by atoms with E-state index in [0.717, 1.165) is 20.2 Å². The predicted octanol–water partition coefficient (Wildman–Crippen LogP) is 4.69. The minimum atomic E-state index is -0.386. The molecule has 5 heteroatoms. The van der Waals surface area contributed by atoms with E-state index < -0.39 is 0 Å². The maximum absolute atomic E-state index is 12.2. The molecular weight excluding hydrogens is 402 g/mol. The van der Waals surface area contributed by atoms with Gasteiger partial charge in [-0.1, -0.05) is 46.3 Å². The standard InChI is InChI=1S/C15H13Br2NOS/c16-11-6-7-12(17)13(9-11)18-15(19)14(20)8-10-4-2-1-3-5-10/h1-7,9,14,20H,8H2,(H,18,19). The zero-order valence-electron chi connectivity index (χ0n) is 10.5. The molecule has 0 radical (unpaired) electrons. The van der Waals surface area contributed by atoms with Gasteiger partial charge in [0.1, 0.15) is 0 Å². The highest BCUT2D eigenvalue weighted by Gasteiger charge is 2.15. The average Bonchev–Trinajstić information content (AvgIpc) is 2.44. The highest BCUT2D eigenvalue weighted by atomic mass is 79.9. The quantitative estimate of drug-likeness (QED) is 0.698. The van der Waals surface area contributed by atoms with Crippen molar-refractivity contribution in [3.05, 3.63) is 63.0 Å². The third kappa shape index (κ3) is 4.36. The number of nitrogens with one attached hydrogen (secondary N) is 1. The fraction of sp³-hybridized carbons (Fsp3) is 0.133. The molecule has 1 unspecified atom stereocenters. The second-order valence-corrected chi connectivity index (χ2v) is 6.71. The van der Waals surface area contributed by atoms with Crippen molar-refractivity contribution in [1.82, 2.24) is 0 Å². The first-order valence-electron chi connectivity index (χ1n) is 6.04. The van der Waals surface area contributed by atoms with Crippen LogP contribution >= 0.6 is 44.5 Å². The molecule has 0 heterocycles. The van der Waals surface area contributed by atoms with E-state index >= 15 is 0 Å². The number of thiol groups is 1. The van der Waals surface area contributed by atoms with E-state index in [0.29, 0.717) is 6.42 Å². The van der Waals surface area contributed by atoms with E-state index in [9.17, 15) is 4.79 Å². The minimum Gasteiger partial charge on any atom is -0.324 e. The largest absolute Gasteiger partial charge is 0.324 e. The lowest BCUT2D eigenvalue weighted by Gasteiger charge is -2.13. The van der Waals surface area contributed by atoms with Gasteiger partial charge in [0.25, 0.3) is 0 Å². The van der Waals surface area contributed by atoms with Crippen molar-refractivity contribution in [3.63, 3.8) is 0 Å². The van der Waals surface area contributed by atoms with Crippen molar-refractivity contribution in [1.29, 1.82) is 0 Å². The van der Waals surface area contributed by atoms with Gasteiger partial charge in [-0.3, -0.25) is 4.79 Å². The van der Waals surface area contributed by atoms with Crippen molar-refractivity contribution in [3.8, 4) is 0 Å². The van der Waals surface area contributed by atoms with Gasteiger partial charge in [0.15, 0.2) is 0 Å². The summed E-state index contributed by atoms with van der Waals surface area (Å²) in [4.78, 5) is 12.2. The highest BCUT2D eigenvalue weighted by Crippen LogP contribution is 2.26. The number of benzene rings is 2. The molecule has 20 heavy (non-hydrogen) atoms. The van der Waals surface area contributed by atoms with E-state index in [1.165, 1.54) is 0 Å². The number of carbonyl (C=O) groups is 1. The molecule has 2 aromatic carbocycles. The summed E-state index contributed by atoms with van der Waals surface area (Å²) in [5.74, 6) is -0.115. The summed E-state index contributed by atoms with van der Waals surface area (Å²) in [5.41, 5.74) is 1.83. The van der Waals surface area contributed by atoms with Gasteiger partial charge in [-0.2, -0.15) is 12.6 Å². The summed E-state index contributed by atoms with van der Waals surface area (Å²) in [6, 6.07) is 15.5. The first-order valence-corrected chi connectivity index (χ1v) is 8.14. The van der Waals surface area contributed by atoms with Gasteiger partial charge in [-0.25, -0.2) is 0 Å². The predicted molar refractivity (Wildman–Crippen MR) is 93.4 cm³/mol. The van der Waals surface area contributed by atoms with Crippen molar-refractivity contribution in [2.45, 2.75) is 11.7 Å². The number of hydrogen-bond acceptors (Lipinski definition) is 2. The molecule has 0 saturated carbocycles. The molecule has 0 aliphatic rings. The van der Waals surface area contributed by atoms with Crippen LogP contribution in [0.15, 0.2) is 57.5 Å². The molecule has 0 spiro atoms. The third-order valence-corrected chi connectivity index (χ3v) is 4.36. The van der Waals surface area contributed by atoms with E-state index in [-0.39, 0.29) is 11.2 Å². The molecule has 2 nitrogen and oxygen atoms in total. The molecular formula is C15H13Br2NOS. The molecule has 0 aliphatic carbocycles. The number of carbonyl (C=O) groups excluding carboxylic acids is 1. The Labute approximate surface area is 140 Å². The Balaban J connectivity index is 2.02. The number of anilines is 1. The summed E-state index contributed by atoms with van der Waals surface area (Å²) in [7, 11) is 0. The molecule has 104 valence electrons. The summed E-state index contributed by atoms with van der Waals surface area (Å²) >= 11 is 11.2. The lowest BCUT2D eigenvalue weighted by atomic mass is 10.1. The van der Waals surface area contributed by atoms with Crippen LogP contribution in [-0.4, -0.2) is 11.2 Å². The van der Waals surface area contributed by atoms with Crippen molar-refractivity contribution in [2.75, 3.05) is 5.32 Å². The molecule has 1 atom stereocenters. The highest BCUT2D eigenvalue weighted by molar-refractivity contribution is 9.11. The fourth-order valence-corrected chi connectivity index (χ4v) is 2.72. The van der Waals surface area contributed by atoms with Crippen molar-refractivity contribution in [2.24, 2.45) is 0 Å². The molecule has 0 aromatic heterocycles. The molecule has 2 rings (SSSR count). The topological polar surface area (TPSA) is 29.1 Å². The number of rotatable bonds is 4. The van der Waals surface area contributed by atoms with E-state index in [1.807, 2.05) is 48.5 Å². The molecule has 0 bridgehead atoms. The lowest BCUT2D eigenvalue weighted by molar-refractivity contribution is -0.115. The van der Waals surface area contributed by atoms with Crippen LogP contribution in [0.4, 0.5) is 5.69 Å². The van der Waals surface area contributed by atoms with Gasteiger partial charge in [0.2, 0.25) is 5.91 Å². The number of halogens is 2. The first kappa shape index (κ1) is 15.6. The zero-order chi connectivity index (χ0) is 14.5. The van der Waals surface area contributed by atoms with Crippen LogP contribution in [0.5, 0.6) is 0 Å². The number of hydrogen-bond donors (Lipinski definition) is 2. The second kappa shape index (κ2) is 7.29. The maximum atomic E-state index is 12.2. The van der Waals surface area contributed by atoms with E-state index in [4.69, 9.17) is 0 Å². The monoisotopic (exact) mass is 413 g/mol. The Hall–Kier alpha value is -0.780. The van der Waals surface area contributed by atoms with Gasteiger partial charge < -0.3 is 5.32 Å².